The number of amides is 7. The molecule has 1 aromatic heterocycles. The third-order valence-corrected chi connectivity index (χ3v) is 8.95. The summed E-state index contributed by atoms with van der Waals surface area (Å²) in [5, 5.41) is 53.0. The molecule has 0 aliphatic rings. The third-order valence-electron chi connectivity index (χ3n) is 8.95. The summed E-state index contributed by atoms with van der Waals surface area (Å²) in [5.41, 5.74) is 11.5. The molecule has 0 radical (unpaired) electrons. The molecule has 9 atom stereocenters. The second kappa shape index (κ2) is 23.7. The molecular formula is C36H52N10O13. The van der Waals surface area contributed by atoms with Crippen LogP contribution in [0.1, 0.15) is 51.3 Å². The first-order chi connectivity index (χ1) is 27.8. The number of benzene rings is 1. The van der Waals surface area contributed by atoms with Gasteiger partial charge < -0.3 is 68.8 Å². The van der Waals surface area contributed by atoms with Crippen LogP contribution in [0.5, 0.6) is 0 Å². The third kappa shape index (κ3) is 16.1. The van der Waals surface area contributed by atoms with Crippen molar-refractivity contribution in [2.45, 2.75) is 101 Å². The number of primary amides is 1. The summed E-state index contributed by atoms with van der Waals surface area (Å²) < 4.78 is 0. The highest BCUT2D eigenvalue weighted by Crippen LogP contribution is 2.11. The van der Waals surface area contributed by atoms with Crippen LogP contribution < -0.4 is 43.4 Å². The molecule has 0 saturated carbocycles. The number of hydrogen-bond acceptors (Lipinski definition) is 13. The van der Waals surface area contributed by atoms with Gasteiger partial charge in [-0.3, -0.25) is 38.4 Å². The number of aromatic nitrogens is 2. The standard InChI is InChI=1S/C36H52N10O13/c1-4-17(2)28(34(56)43-24(36(58)59)13-26(38)49)45-35(57)29(18(3)48)46-32(54)22(10-19-8-6-5-7-9-19)41-31(53)23(11-20-14-39-16-40-20)42-33(55)25(15-47)44-30(52)21(37)12-27(50)51/h5-9,14,16-18,21-25,28-29,47-48H,4,10-13,15,37H2,1-3H3,(H2,38,49)(H,39,40)(H,41,53)(H,42,55)(H,43,56)(H,44,52)(H,45,57)(H,46,54)(H,50,51)(H,58,59). The lowest BCUT2D eigenvalue weighted by atomic mass is 9.96. The molecule has 9 unspecified atom stereocenters. The van der Waals surface area contributed by atoms with Crippen molar-refractivity contribution in [2.24, 2.45) is 17.4 Å². The predicted molar refractivity (Wildman–Crippen MR) is 204 cm³/mol. The minimum Gasteiger partial charge on any atom is -0.481 e. The first-order valence-corrected chi connectivity index (χ1v) is 18.4. The van der Waals surface area contributed by atoms with Crippen molar-refractivity contribution in [3.8, 4) is 0 Å². The highest BCUT2D eigenvalue weighted by molar-refractivity contribution is 5.98. The number of carbonyl (C=O) groups is 9. The van der Waals surface area contributed by atoms with E-state index < -0.39 is 127 Å². The molecule has 1 aromatic carbocycles. The first kappa shape index (κ1) is 48.7. The van der Waals surface area contributed by atoms with Gasteiger partial charge in [0.2, 0.25) is 41.4 Å². The van der Waals surface area contributed by atoms with Crippen molar-refractivity contribution in [3.05, 3.63) is 54.1 Å². The van der Waals surface area contributed by atoms with Gasteiger partial charge in [-0.2, -0.15) is 0 Å². The summed E-state index contributed by atoms with van der Waals surface area (Å²) in [6.07, 6.45) is -0.644. The van der Waals surface area contributed by atoms with Crippen LogP contribution in [0.2, 0.25) is 0 Å². The topological polar surface area (TPSA) is 387 Å². The van der Waals surface area contributed by atoms with Crippen LogP contribution in [-0.2, 0) is 56.0 Å². The van der Waals surface area contributed by atoms with Crippen LogP contribution in [0.4, 0.5) is 0 Å². The molecule has 2 aromatic rings. The van der Waals surface area contributed by atoms with E-state index in [0.717, 1.165) is 0 Å². The molecule has 7 amide bonds. The van der Waals surface area contributed by atoms with Gasteiger partial charge in [-0.15, -0.1) is 0 Å². The quantitative estimate of drug-likeness (QED) is 0.0447. The smallest absolute Gasteiger partial charge is 0.326 e. The van der Waals surface area contributed by atoms with E-state index in [4.69, 9.17) is 16.6 Å². The fourth-order valence-electron chi connectivity index (χ4n) is 5.45. The number of nitrogens with zero attached hydrogens (tertiary/aromatic N) is 1. The maximum Gasteiger partial charge on any atom is 0.326 e. The summed E-state index contributed by atoms with van der Waals surface area (Å²) in [7, 11) is 0. The van der Waals surface area contributed by atoms with Crippen LogP contribution in [0.15, 0.2) is 42.9 Å². The number of carboxylic acids is 2. The van der Waals surface area contributed by atoms with Crippen molar-refractivity contribution in [1.29, 1.82) is 0 Å². The Morgan fingerprint density at radius 3 is 1.75 bits per heavy atom. The van der Waals surface area contributed by atoms with E-state index in [9.17, 15) is 58.5 Å². The van der Waals surface area contributed by atoms with Gasteiger partial charge in [0, 0.05) is 24.7 Å². The molecular weight excluding hydrogens is 780 g/mol. The second-order valence-corrected chi connectivity index (χ2v) is 13.7. The Kier molecular flexibility index (Phi) is 19.6. The zero-order valence-electron chi connectivity index (χ0n) is 32.5. The number of hydrogen-bond donors (Lipinski definition) is 13. The fourth-order valence-corrected chi connectivity index (χ4v) is 5.45. The van der Waals surface area contributed by atoms with Gasteiger partial charge in [0.1, 0.15) is 36.3 Å². The molecule has 0 aliphatic carbocycles. The monoisotopic (exact) mass is 832 g/mol. The van der Waals surface area contributed by atoms with Crippen molar-refractivity contribution >= 4 is 53.3 Å². The number of carboxylic acid groups (broad SMARTS) is 2. The maximum atomic E-state index is 14.0. The normalized spacial score (nSPS) is 15.6. The number of imidazole rings is 1. The number of nitrogens with one attached hydrogen (secondary N) is 7. The van der Waals surface area contributed by atoms with E-state index in [1.54, 1.807) is 44.2 Å². The van der Waals surface area contributed by atoms with Crippen LogP contribution in [0.3, 0.4) is 0 Å². The number of aliphatic carboxylic acids is 2. The van der Waals surface area contributed by atoms with E-state index in [1.807, 2.05) is 0 Å². The van der Waals surface area contributed by atoms with Crippen molar-refractivity contribution < 1.29 is 63.6 Å². The Morgan fingerprint density at radius 1 is 0.712 bits per heavy atom. The second-order valence-electron chi connectivity index (χ2n) is 13.7. The van der Waals surface area contributed by atoms with Gasteiger partial charge in [0.15, 0.2) is 0 Å². The Hall–Kier alpha value is -6.46. The highest BCUT2D eigenvalue weighted by Gasteiger charge is 2.36. The van der Waals surface area contributed by atoms with E-state index in [1.165, 1.54) is 19.4 Å². The summed E-state index contributed by atoms with van der Waals surface area (Å²) in [5.74, 6) is -10.8. The van der Waals surface area contributed by atoms with Gasteiger partial charge in [0.25, 0.3) is 0 Å². The fraction of sp³-hybridized carbons (Fsp3) is 0.500. The van der Waals surface area contributed by atoms with Crippen LogP contribution >= 0.6 is 0 Å². The average molecular weight is 833 g/mol. The Balaban J connectivity index is 2.40. The highest BCUT2D eigenvalue weighted by atomic mass is 16.4. The molecule has 0 fully saturated rings. The minimum absolute atomic E-state index is 0.192. The predicted octanol–water partition coefficient (Wildman–Crippen LogP) is -4.72. The van der Waals surface area contributed by atoms with Crippen LogP contribution in [-0.4, -0.2) is 139 Å². The van der Waals surface area contributed by atoms with Gasteiger partial charge >= 0.3 is 11.9 Å². The molecule has 0 saturated heterocycles. The first-order valence-electron chi connectivity index (χ1n) is 18.4. The molecule has 0 bridgehead atoms. The largest absolute Gasteiger partial charge is 0.481 e. The summed E-state index contributed by atoms with van der Waals surface area (Å²) >= 11 is 0. The number of carbonyl (C=O) groups excluding carboxylic acids is 7. The van der Waals surface area contributed by atoms with E-state index in [0.29, 0.717) is 17.7 Å². The number of aliphatic hydroxyl groups is 2. The number of H-pyrrole nitrogens is 1. The molecule has 1 heterocycles. The molecule has 2 rings (SSSR count). The number of aromatic amines is 1. The van der Waals surface area contributed by atoms with Gasteiger partial charge in [-0.05, 0) is 18.4 Å². The lowest BCUT2D eigenvalue weighted by Gasteiger charge is -2.30. The van der Waals surface area contributed by atoms with E-state index in [2.05, 4.69) is 41.9 Å². The number of nitrogens with two attached hydrogens (primary N) is 2. The van der Waals surface area contributed by atoms with Gasteiger partial charge in [-0.25, -0.2) is 9.78 Å². The van der Waals surface area contributed by atoms with Gasteiger partial charge in [0.05, 0.1) is 37.9 Å². The molecule has 15 N–H and O–H groups in total. The maximum absolute atomic E-state index is 14.0. The summed E-state index contributed by atoms with van der Waals surface area (Å²) in [6, 6.07) is -2.86. The Morgan fingerprint density at radius 2 is 1.24 bits per heavy atom. The molecule has 324 valence electrons. The number of aliphatic hydroxyl groups excluding tert-OH is 2. The summed E-state index contributed by atoms with van der Waals surface area (Å²) in [6.45, 7) is 3.44. The molecule has 0 spiro atoms. The molecule has 23 heteroatoms. The SMILES string of the molecule is CCC(C)C(NC(=O)C(NC(=O)C(Cc1ccccc1)NC(=O)C(Cc1cnc[nH]1)NC(=O)C(CO)NC(=O)C(N)CC(=O)O)C(C)O)C(=O)NC(CC(N)=O)C(=O)O. The van der Waals surface area contributed by atoms with Gasteiger partial charge in [-0.1, -0.05) is 50.6 Å². The lowest BCUT2D eigenvalue weighted by Crippen LogP contribution is -2.62. The zero-order valence-corrected chi connectivity index (χ0v) is 32.5. The average Bonchev–Trinajstić information content (AvgIpc) is 3.69. The lowest BCUT2D eigenvalue weighted by molar-refractivity contribution is -0.144. The van der Waals surface area contributed by atoms with E-state index in [-0.39, 0.29) is 12.8 Å². The van der Waals surface area contributed by atoms with E-state index >= 15 is 0 Å². The number of rotatable bonds is 25. The molecule has 0 aliphatic heterocycles. The van der Waals surface area contributed by atoms with Crippen LogP contribution in [0, 0.1) is 5.92 Å². The Labute approximate surface area is 337 Å². The molecule has 59 heavy (non-hydrogen) atoms. The van der Waals surface area contributed by atoms with Crippen molar-refractivity contribution in [3.63, 3.8) is 0 Å². The Bertz CT molecular complexity index is 1780. The zero-order chi connectivity index (χ0) is 44.4. The molecule has 23 nitrogen and oxygen atoms in total. The minimum atomic E-state index is -1.75. The van der Waals surface area contributed by atoms with Crippen LogP contribution in [0.25, 0.3) is 0 Å². The van der Waals surface area contributed by atoms with Crippen molar-refractivity contribution in [2.75, 3.05) is 6.61 Å². The summed E-state index contributed by atoms with van der Waals surface area (Å²) in [4.78, 5) is 121. The van der Waals surface area contributed by atoms with Crippen molar-refractivity contribution in [1.82, 2.24) is 41.9 Å².